The fourth-order valence-electron chi connectivity index (χ4n) is 2.45. The van der Waals surface area contributed by atoms with Crippen molar-refractivity contribution in [1.82, 2.24) is 5.43 Å². The maximum absolute atomic E-state index is 12.0. The van der Waals surface area contributed by atoms with Gasteiger partial charge in [-0.05, 0) is 35.1 Å². The van der Waals surface area contributed by atoms with E-state index < -0.39 is 0 Å². The lowest BCUT2D eigenvalue weighted by Crippen LogP contribution is -2.26. The van der Waals surface area contributed by atoms with E-state index in [1.165, 1.54) is 11.1 Å². The molecule has 1 N–H and O–H groups in total. The fourth-order valence-corrected chi connectivity index (χ4v) is 2.45. The molecule has 0 atom stereocenters. The Hall–Kier alpha value is -2.62. The molecule has 0 aliphatic rings. The van der Waals surface area contributed by atoms with Gasteiger partial charge in [-0.25, -0.2) is 5.43 Å². The van der Waals surface area contributed by atoms with E-state index in [2.05, 4.69) is 43.4 Å². The standard InChI is InChI=1S/C22H28N2O2/c1-5-19(15-17-9-7-6-8-10-17)23-24-21(25)16-26-20-13-11-18(12-14-20)22(2,3)4/h6-14H,5,15-16H2,1-4H3,(H,24,25)/b23-19+. The number of carbonyl (C=O) groups excluding carboxylic acids is 1. The van der Waals surface area contributed by atoms with Gasteiger partial charge < -0.3 is 4.74 Å². The zero-order chi connectivity index (χ0) is 19.0. The highest BCUT2D eigenvalue weighted by atomic mass is 16.5. The number of hydrazone groups is 1. The van der Waals surface area contributed by atoms with Gasteiger partial charge >= 0.3 is 0 Å². The number of nitrogens with one attached hydrogen (secondary N) is 1. The molecule has 0 bridgehead atoms. The molecule has 2 rings (SSSR count). The van der Waals surface area contributed by atoms with Crippen LogP contribution in [0.15, 0.2) is 59.7 Å². The van der Waals surface area contributed by atoms with E-state index >= 15 is 0 Å². The Labute approximate surface area is 156 Å². The highest BCUT2D eigenvalue weighted by Gasteiger charge is 2.13. The van der Waals surface area contributed by atoms with Gasteiger partial charge in [0.1, 0.15) is 5.75 Å². The summed E-state index contributed by atoms with van der Waals surface area (Å²) in [6.45, 7) is 8.46. The number of amides is 1. The molecule has 1 amide bonds. The first-order valence-electron chi connectivity index (χ1n) is 9.00. The van der Waals surface area contributed by atoms with E-state index in [9.17, 15) is 4.79 Å². The lowest BCUT2D eigenvalue weighted by Gasteiger charge is -2.19. The molecule has 0 aromatic heterocycles. The third kappa shape index (κ3) is 6.36. The first-order valence-corrected chi connectivity index (χ1v) is 9.00. The van der Waals surface area contributed by atoms with Crippen LogP contribution in [-0.2, 0) is 16.6 Å². The molecule has 2 aromatic carbocycles. The molecule has 0 spiro atoms. The van der Waals surface area contributed by atoms with Gasteiger partial charge in [-0.1, -0.05) is 70.2 Å². The van der Waals surface area contributed by atoms with Crippen LogP contribution in [-0.4, -0.2) is 18.2 Å². The summed E-state index contributed by atoms with van der Waals surface area (Å²) in [5.41, 5.74) is 6.02. The highest BCUT2D eigenvalue weighted by molar-refractivity contribution is 5.88. The van der Waals surface area contributed by atoms with Crippen LogP contribution in [0.1, 0.15) is 45.2 Å². The van der Waals surface area contributed by atoms with Crippen LogP contribution in [0, 0.1) is 0 Å². The number of hydrogen-bond acceptors (Lipinski definition) is 3. The molecule has 0 aliphatic heterocycles. The van der Waals surface area contributed by atoms with Gasteiger partial charge in [-0.2, -0.15) is 5.10 Å². The van der Waals surface area contributed by atoms with Gasteiger partial charge in [0.15, 0.2) is 6.61 Å². The minimum atomic E-state index is -0.260. The summed E-state index contributed by atoms with van der Waals surface area (Å²) >= 11 is 0. The molecule has 0 saturated heterocycles. The summed E-state index contributed by atoms with van der Waals surface area (Å²) < 4.78 is 5.54. The Morgan fingerprint density at radius 3 is 2.27 bits per heavy atom. The van der Waals surface area contributed by atoms with Crippen molar-refractivity contribution in [2.24, 2.45) is 5.10 Å². The van der Waals surface area contributed by atoms with Gasteiger partial charge in [-0.3, -0.25) is 4.79 Å². The Balaban J connectivity index is 1.84. The Morgan fingerprint density at radius 2 is 1.69 bits per heavy atom. The van der Waals surface area contributed by atoms with E-state index in [1.54, 1.807) is 0 Å². The van der Waals surface area contributed by atoms with Crippen molar-refractivity contribution in [3.05, 3.63) is 65.7 Å². The van der Waals surface area contributed by atoms with Crippen LogP contribution >= 0.6 is 0 Å². The number of carbonyl (C=O) groups is 1. The van der Waals surface area contributed by atoms with E-state index in [0.29, 0.717) is 5.75 Å². The lowest BCUT2D eigenvalue weighted by molar-refractivity contribution is -0.123. The SMILES string of the molecule is CC/C(Cc1ccccc1)=N\NC(=O)COc1ccc(C(C)(C)C)cc1. The monoisotopic (exact) mass is 352 g/mol. The highest BCUT2D eigenvalue weighted by Crippen LogP contribution is 2.24. The Kier molecular flexibility index (Phi) is 6.96. The van der Waals surface area contributed by atoms with Crippen molar-refractivity contribution in [2.45, 2.75) is 46.0 Å². The van der Waals surface area contributed by atoms with Crippen LogP contribution in [0.5, 0.6) is 5.75 Å². The minimum absolute atomic E-state index is 0.0549. The number of rotatable bonds is 7. The maximum atomic E-state index is 12.0. The lowest BCUT2D eigenvalue weighted by atomic mass is 9.87. The first-order chi connectivity index (χ1) is 12.4. The Bertz CT molecular complexity index is 729. The van der Waals surface area contributed by atoms with Crippen LogP contribution in [0.4, 0.5) is 0 Å². The molecular formula is C22H28N2O2. The van der Waals surface area contributed by atoms with E-state index in [-0.39, 0.29) is 17.9 Å². The van der Waals surface area contributed by atoms with Gasteiger partial charge in [0.25, 0.3) is 5.91 Å². The molecule has 138 valence electrons. The summed E-state index contributed by atoms with van der Waals surface area (Å²) in [5.74, 6) is 0.418. The molecule has 4 nitrogen and oxygen atoms in total. The predicted molar refractivity (Wildman–Crippen MR) is 107 cm³/mol. The normalized spacial score (nSPS) is 11.9. The van der Waals surface area contributed by atoms with E-state index in [1.807, 2.05) is 49.4 Å². The predicted octanol–water partition coefficient (Wildman–Crippen LogP) is 4.49. The molecule has 4 heteroatoms. The van der Waals surface area contributed by atoms with Crippen LogP contribution in [0.3, 0.4) is 0 Å². The second-order valence-electron chi connectivity index (χ2n) is 7.29. The molecule has 0 saturated carbocycles. The average Bonchev–Trinajstić information content (AvgIpc) is 2.64. The zero-order valence-electron chi connectivity index (χ0n) is 16.1. The number of benzene rings is 2. The van der Waals surface area contributed by atoms with Crippen molar-refractivity contribution in [3.63, 3.8) is 0 Å². The number of ether oxygens (including phenoxy) is 1. The van der Waals surface area contributed by atoms with Gasteiger partial charge in [0.05, 0.1) is 0 Å². The van der Waals surface area contributed by atoms with Crippen LogP contribution in [0.25, 0.3) is 0 Å². The van der Waals surface area contributed by atoms with Crippen molar-refractivity contribution < 1.29 is 9.53 Å². The van der Waals surface area contributed by atoms with Crippen LogP contribution < -0.4 is 10.2 Å². The molecule has 0 fully saturated rings. The van der Waals surface area contributed by atoms with Gasteiger partial charge in [0, 0.05) is 12.1 Å². The first kappa shape index (κ1) is 19.7. The topological polar surface area (TPSA) is 50.7 Å². The second-order valence-corrected chi connectivity index (χ2v) is 7.29. The van der Waals surface area contributed by atoms with E-state index in [4.69, 9.17) is 4.74 Å². The van der Waals surface area contributed by atoms with Crippen molar-refractivity contribution in [3.8, 4) is 5.75 Å². The summed E-state index contributed by atoms with van der Waals surface area (Å²) in [6, 6.07) is 17.9. The second kappa shape index (κ2) is 9.18. The van der Waals surface area contributed by atoms with Crippen molar-refractivity contribution >= 4 is 11.6 Å². The van der Waals surface area contributed by atoms with Gasteiger partial charge in [-0.15, -0.1) is 0 Å². The summed E-state index contributed by atoms with van der Waals surface area (Å²) in [6.07, 6.45) is 1.51. The Morgan fingerprint density at radius 1 is 1.04 bits per heavy atom. The number of hydrogen-bond donors (Lipinski definition) is 1. The largest absolute Gasteiger partial charge is 0.484 e. The quantitative estimate of drug-likeness (QED) is 0.590. The average molecular weight is 352 g/mol. The third-order valence-electron chi connectivity index (χ3n) is 4.09. The zero-order valence-corrected chi connectivity index (χ0v) is 16.1. The summed E-state index contributed by atoms with van der Waals surface area (Å²) in [4.78, 5) is 12.0. The summed E-state index contributed by atoms with van der Waals surface area (Å²) in [7, 11) is 0. The molecular weight excluding hydrogens is 324 g/mol. The molecule has 26 heavy (non-hydrogen) atoms. The molecule has 0 heterocycles. The smallest absolute Gasteiger partial charge is 0.277 e. The van der Waals surface area contributed by atoms with Crippen molar-refractivity contribution in [1.29, 1.82) is 0 Å². The minimum Gasteiger partial charge on any atom is -0.484 e. The molecule has 0 radical (unpaired) electrons. The fraction of sp³-hybridized carbons (Fsp3) is 0.364. The van der Waals surface area contributed by atoms with Crippen LogP contribution in [0.2, 0.25) is 0 Å². The maximum Gasteiger partial charge on any atom is 0.277 e. The summed E-state index contributed by atoms with van der Waals surface area (Å²) in [5, 5.41) is 4.23. The number of nitrogens with zero attached hydrogens (tertiary/aromatic N) is 1. The van der Waals surface area contributed by atoms with Gasteiger partial charge in [0.2, 0.25) is 0 Å². The molecule has 0 aliphatic carbocycles. The third-order valence-corrected chi connectivity index (χ3v) is 4.09. The molecule has 0 unspecified atom stereocenters. The van der Waals surface area contributed by atoms with E-state index in [0.717, 1.165) is 18.6 Å². The molecule has 2 aromatic rings. The van der Waals surface area contributed by atoms with Crippen molar-refractivity contribution in [2.75, 3.05) is 6.61 Å².